The van der Waals surface area contributed by atoms with Gasteiger partial charge in [-0.15, -0.1) is 0 Å². The third kappa shape index (κ3) is 3.90. The Hall–Kier alpha value is -2.34. The third-order valence-corrected chi connectivity index (χ3v) is 4.01. The summed E-state index contributed by atoms with van der Waals surface area (Å²) in [6.07, 6.45) is 3.64. The molecule has 1 aliphatic rings. The number of rotatable bonds is 5. The summed E-state index contributed by atoms with van der Waals surface area (Å²) in [5.74, 6) is 2.13. The fourth-order valence-corrected chi connectivity index (χ4v) is 2.71. The van der Waals surface area contributed by atoms with Gasteiger partial charge in [-0.25, -0.2) is 4.98 Å². The third-order valence-electron chi connectivity index (χ3n) is 4.01. The molecular formula is C17H22N4O2. The van der Waals surface area contributed by atoms with E-state index in [9.17, 15) is 0 Å². The zero-order valence-electron chi connectivity index (χ0n) is 13.4. The smallest absolute Gasteiger partial charge is 0.221 e. The highest BCUT2D eigenvalue weighted by Gasteiger charge is 2.17. The Morgan fingerprint density at radius 1 is 1.17 bits per heavy atom. The number of nitrogen functional groups attached to an aromatic ring is 1. The van der Waals surface area contributed by atoms with Crippen molar-refractivity contribution in [1.29, 1.82) is 0 Å². The Labute approximate surface area is 136 Å². The first-order chi connectivity index (χ1) is 11.3. The van der Waals surface area contributed by atoms with Gasteiger partial charge < -0.3 is 20.1 Å². The fourth-order valence-electron chi connectivity index (χ4n) is 2.71. The van der Waals surface area contributed by atoms with Crippen LogP contribution in [-0.4, -0.2) is 43.4 Å². The summed E-state index contributed by atoms with van der Waals surface area (Å²) < 4.78 is 10.6. The number of morpholine rings is 1. The largest absolute Gasteiger partial charge is 0.497 e. The summed E-state index contributed by atoms with van der Waals surface area (Å²) in [4.78, 5) is 10.8. The van der Waals surface area contributed by atoms with Crippen LogP contribution in [0.2, 0.25) is 0 Å². The predicted octanol–water partition coefficient (Wildman–Crippen LogP) is 1.69. The molecule has 0 amide bonds. The van der Waals surface area contributed by atoms with Gasteiger partial charge in [-0.05, 0) is 30.5 Å². The van der Waals surface area contributed by atoms with E-state index in [1.165, 1.54) is 5.56 Å². The predicted molar refractivity (Wildman–Crippen MR) is 89.9 cm³/mol. The van der Waals surface area contributed by atoms with Crippen LogP contribution < -0.4 is 15.4 Å². The molecule has 0 atom stereocenters. The monoisotopic (exact) mass is 314 g/mol. The van der Waals surface area contributed by atoms with E-state index >= 15 is 0 Å². The van der Waals surface area contributed by atoms with E-state index in [0.29, 0.717) is 5.95 Å². The maximum atomic E-state index is 5.78. The number of aryl methyl sites for hydroxylation is 2. The van der Waals surface area contributed by atoms with Gasteiger partial charge in [0.15, 0.2) is 0 Å². The summed E-state index contributed by atoms with van der Waals surface area (Å²) in [7, 11) is 1.68. The first-order valence-corrected chi connectivity index (χ1v) is 7.83. The highest BCUT2D eigenvalue weighted by Crippen LogP contribution is 2.21. The quantitative estimate of drug-likeness (QED) is 0.905. The Kier molecular flexibility index (Phi) is 4.92. The van der Waals surface area contributed by atoms with Gasteiger partial charge in [-0.2, -0.15) is 4.98 Å². The Morgan fingerprint density at radius 2 is 1.91 bits per heavy atom. The Morgan fingerprint density at radius 3 is 2.61 bits per heavy atom. The molecule has 6 nitrogen and oxygen atoms in total. The van der Waals surface area contributed by atoms with Gasteiger partial charge in [0, 0.05) is 24.8 Å². The number of anilines is 2. The summed E-state index contributed by atoms with van der Waals surface area (Å²) in [5, 5.41) is 0. The van der Waals surface area contributed by atoms with Crippen molar-refractivity contribution >= 4 is 11.8 Å². The van der Waals surface area contributed by atoms with Gasteiger partial charge in [0.25, 0.3) is 0 Å². The molecule has 6 heteroatoms. The highest BCUT2D eigenvalue weighted by molar-refractivity contribution is 5.49. The van der Waals surface area contributed by atoms with Crippen LogP contribution in [0.25, 0.3) is 0 Å². The van der Waals surface area contributed by atoms with Crippen molar-refractivity contribution < 1.29 is 9.47 Å². The zero-order chi connectivity index (χ0) is 16.1. The standard InChI is InChI=1S/C17H22N4O2/c1-22-15-6-3-13(4-7-15)2-5-14-12-19-17(18)20-16(14)21-8-10-23-11-9-21/h3-4,6-7,12H,2,5,8-11H2,1H3,(H2,18,19,20). The summed E-state index contributed by atoms with van der Waals surface area (Å²) in [5.41, 5.74) is 8.16. The number of benzene rings is 1. The lowest BCUT2D eigenvalue weighted by Crippen LogP contribution is -2.37. The highest BCUT2D eigenvalue weighted by atomic mass is 16.5. The molecule has 0 saturated carbocycles. The molecule has 122 valence electrons. The summed E-state index contributed by atoms with van der Waals surface area (Å²) in [6.45, 7) is 3.13. The average molecular weight is 314 g/mol. The minimum atomic E-state index is 0.319. The molecule has 2 aromatic rings. The lowest BCUT2D eigenvalue weighted by atomic mass is 10.1. The van der Waals surface area contributed by atoms with E-state index in [1.54, 1.807) is 7.11 Å². The molecule has 0 unspecified atom stereocenters. The van der Waals surface area contributed by atoms with Gasteiger partial charge in [-0.1, -0.05) is 12.1 Å². The van der Waals surface area contributed by atoms with Crippen LogP contribution in [0, 0.1) is 0 Å². The normalized spacial score (nSPS) is 14.7. The van der Waals surface area contributed by atoms with Crippen molar-refractivity contribution in [2.24, 2.45) is 0 Å². The van der Waals surface area contributed by atoms with Gasteiger partial charge in [-0.3, -0.25) is 0 Å². The first kappa shape index (κ1) is 15.6. The van der Waals surface area contributed by atoms with E-state index in [2.05, 4.69) is 27.0 Å². The second kappa shape index (κ2) is 7.28. The minimum absolute atomic E-state index is 0.319. The van der Waals surface area contributed by atoms with E-state index in [1.807, 2.05) is 18.3 Å². The number of ether oxygens (including phenoxy) is 2. The van der Waals surface area contributed by atoms with Crippen molar-refractivity contribution in [3.63, 3.8) is 0 Å². The SMILES string of the molecule is COc1ccc(CCc2cnc(N)nc2N2CCOCC2)cc1. The number of hydrogen-bond acceptors (Lipinski definition) is 6. The second-order valence-corrected chi connectivity index (χ2v) is 5.52. The molecule has 1 aromatic carbocycles. The van der Waals surface area contributed by atoms with E-state index in [0.717, 1.165) is 56.3 Å². The number of nitrogens with zero attached hydrogens (tertiary/aromatic N) is 3. The van der Waals surface area contributed by atoms with Crippen LogP contribution in [0.1, 0.15) is 11.1 Å². The molecule has 2 heterocycles. The van der Waals surface area contributed by atoms with Crippen LogP contribution in [0.5, 0.6) is 5.75 Å². The lowest BCUT2D eigenvalue weighted by molar-refractivity contribution is 0.122. The number of hydrogen-bond donors (Lipinski definition) is 1. The maximum Gasteiger partial charge on any atom is 0.221 e. The summed E-state index contributed by atoms with van der Waals surface area (Å²) >= 11 is 0. The maximum absolute atomic E-state index is 5.78. The number of methoxy groups -OCH3 is 1. The minimum Gasteiger partial charge on any atom is -0.497 e. The number of aromatic nitrogens is 2. The van der Waals surface area contributed by atoms with Crippen molar-refractivity contribution in [3.05, 3.63) is 41.6 Å². The van der Waals surface area contributed by atoms with E-state index in [-0.39, 0.29) is 0 Å². The van der Waals surface area contributed by atoms with Gasteiger partial charge >= 0.3 is 0 Å². The lowest BCUT2D eigenvalue weighted by Gasteiger charge is -2.29. The zero-order valence-corrected chi connectivity index (χ0v) is 13.4. The summed E-state index contributed by atoms with van der Waals surface area (Å²) in [6, 6.07) is 8.15. The molecule has 1 fully saturated rings. The Bertz CT molecular complexity index is 640. The molecule has 1 aliphatic heterocycles. The van der Waals surface area contributed by atoms with Crippen molar-refractivity contribution in [2.45, 2.75) is 12.8 Å². The average Bonchev–Trinajstić information content (AvgIpc) is 2.62. The van der Waals surface area contributed by atoms with Crippen LogP contribution in [0.3, 0.4) is 0 Å². The molecule has 23 heavy (non-hydrogen) atoms. The van der Waals surface area contributed by atoms with Crippen LogP contribution >= 0.6 is 0 Å². The van der Waals surface area contributed by atoms with Crippen LogP contribution in [0.15, 0.2) is 30.5 Å². The molecule has 0 radical (unpaired) electrons. The van der Waals surface area contributed by atoms with Gasteiger partial charge in [0.05, 0.1) is 20.3 Å². The molecule has 1 saturated heterocycles. The molecular weight excluding hydrogens is 292 g/mol. The Balaban J connectivity index is 1.73. The second-order valence-electron chi connectivity index (χ2n) is 5.52. The molecule has 2 N–H and O–H groups in total. The first-order valence-electron chi connectivity index (χ1n) is 7.83. The fraction of sp³-hybridized carbons (Fsp3) is 0.412. The van der Waals surface area contributed by atoms with Crippen LogP contribution in [0.4, 0.5) is 11.8 Å². The van der Waals surface area contributed by atoms with Crippen LogP contribution in [-0.2, 0) is 17.6 Å². The molecule has 0 aliphatic carbocycles. The van der Waals surface area contributed by atoms with E-state index in [4.69, 9.17) is 15.2 Å². The van der Waals surface area contributed by atoms with Crippen molar-refractivity contribution in [3.8, 4) is 5.75 Å². The number of nitrogens with two attached hydrogens (primary N) is 1. The van der Waals surface area contributed by atoms with Crippen molar-refractivity contribution in [2.75, 3.05) is 44.0 Å². The molecule has 1 aromatic heterocycles. The van der Waals surface area contributed by atoms with Crippen molar-refractivity contribution in [1.82, 2.24) is 9.97 Å². The van der Waals surface area contributed by atoms with E-state index < -0.39 is 0 Å². The van der Waals surface area contributed by atoms with Gasteiger partial charge in [0.2, 0.25) is 5.95 Å². The molecule has 0 spiro atoms. The topological polar surface area (TPSA) is 73.5 Å². The molecule has 0 bridgehead atoms. The van der Waals surface area contributed by atoms with Gasteiger partial charge in [0.1, 0.15) is 11.6 Å². The molecule has 3 rings (SSSR count).